The summed E-state index contributed by atoms with van der Waals surface area (Å²) in [5.74, 6) is -0.0615. The first kappa shape index (κ1) is 18.4. The second-order valence-electron chi connectivity index (χ2n) is 7.60. The molecule has 1 aliphatic heterocycles. The molecular weight excluding hydrogens is 378 g/mol. The highest BCUT2D eigenvalue weighted by Crippen LogP contribution is 2.28. The van der Waals surface area contributed by atoms with Crippen LogP contribution in [0.4, 0.5) is 6.01 Å². The van der Waals surface area contributed by atoms with E-state index in [1.54, 1.807) is 12.5 Å². The summed E-state index contributed by atoms with van der Waals surface area (Å²) in [5, 5.41) is 3.07. The van der Waals surface area contributed by atoms with Crippen molar-refractivity contribution in [1.29, 1.82) is 0 Å². The average Bonchev–Trinajstić information content (AvgIpc) is 3.52. The summed E-state index contributed by atoms with van der Waals surface area (Å²) in [4.78, 5) is 23.5. The van der Waals surface area contributed by atoms with Gasteiger partial charge in [-0.15, -0.1) is 0 Å². The van der Waals surface area contributed by atoms with Crippen LogP contribution >= 0.6 is 0 Å². The van der Waals surface area contributed by atoms with Gasteiger partial charge in [0.15, 0.2) is 5.58 Å². The van der Waals surface area contributed by atoms with E-state index in [4.69, 9.17) is 4.42 Å². The van der Waals surface area contributed by atoms with Crippen LogP contribution < -0.4 is 10.2 Å². The van der Waals surface area contributed by atoms with Crippen LogP contribution in [0.5, 0.6) is 0 Å². The van der Waals surface area contributed by atoms with Crippen LogP contribution in [0.2, 0.25) is 0 Å². The first-order valence-electron chi connectivity index (χ1n) is 10.2. The summed E-state index contributed by atoms with van der Waals surface area (Å²) in [6.07, 6.45) is 7.52. The lowest BCUT2D eigenvalue weighted by molar-refractivity contribution is 0.0951. The normalized spacial score (nSPS) is 16.3. The van der Waals surface area contributed by atoms with Crippen molar-refractivity contribution in [1.82, 2.24) is 19.9 Å². The van der Waals surface area contributed by atoms with Gasteiger partial charge in [0.05, 0.1) is 12.4 Å². The number of benzene rings is 2. The van der Waals surface area contributed by atoms with E-state index in [2.05, 4.69) is 20.2 Å². The summed E-state index contributed by atoms with van der Waals surface area (Å²) in [7, 11) is 0. The Kier molecular flexibility index (Phi) is 4.93. The van der Waals surface area contributed by atoms with Gasteiger partial charge in [0.2, 0.25) is 0 Å². The van der Waals surface area contributed by atoms with E-state index in [0.29, 0.717) is 18.1 Å². The molecular formula is C23H23N5O2. The summed E-state index contributed by atoms with van der Waals surface area (Å²) in [6.45, 7) is 2.19. The van der Waals surface area contributed by atoms with Gasteiger partial charge in [-0.25, -0.2) is 4.98 Å². The zero-order valence-electron chi connectivity index (χ0n) is 16.6. The monoisotopic (exact) mass is 401 g/mol. The zero-order chi connectivity index (χ0) is 20.3. The van der Waals surface area contributed by atoms with Crippen LogP contribution in [0.15, 0.2) is 71.7 Å². The molecule has 0 saturated carbocycles. The van der Waals surface area contributed by atoms with Crippen molar-refractivity contribution in [2.24, 2.45) is 0 Å². The fourth-order valence-electron chi connectivity index (χ4n) is 3.95. The maximum atomic E-state index is 12.6. The van der Waals surface area contributed by atoms with Crippen LogP contribution in [0.25, 0.3) is 11.1 Å². The third-order valence-corrected chi connectivity index (χ3v) is 5.54. The van der Waals surface area contributed by atoms with Crippen LogP contribution in [0, 0.1) is 0 Å². The Morgan fingerprint density at radius 3 is 2.83 bits per heavy atom. The summed E-state index contributed by atoms with van der Waals surface area (Å²) in [6, 6.07) is 16.3. The number of anilines is 1. The topological polar surface area (TPSA) is 76.2 Å². The molecule has 7 heteroatoms. The number of amides is 1. The van der Waals surface area contributed by atoms with Crippen molar-refractivity contribution in [3.63, 3.8) is 0 Å². The predicted molar refractivity (Wildman–Crippen MR) is 114 cm³/mol. The Morgan fingerprint density at radius 1 is 1.17 bits per heavy atom. The molecule has 30 heavy (non-hydrogen) atoms. The van der Waals surface area contributed by atoms with Gasteiger partial charge in [0.25, 0.3) is 11.9 Å². The van der Waals surface area contributed by atoms with Gasteiger partial charge in [0.1, 0.15) is 5.52 Å². The quantitative estimate of drug-likeness (QED) is 0.535. The molecule has 4 aromatic rings. The minimum absolute atomic E-state index is 0.0615. The molecule has 1 aliphatic rings. The molecule has 0 aliphatic carbocycles. The lowest BCUT2D eigenvalue weighted by Crippen LogP contribution is -2.40. The fourth-order valence-corrected chi connectivity index (χ4v) is 3.95. The molecule has 1 fully saturated rings. The molecule has 152 valence electrons. The van der Waals surface area contributed by atoms with Crippen LogP contribution in [-0.2, 0) is 6.54 Å². The SMILES string of the molecule is O=C(NCC1CCCN1c1nc2ccccc2o1)c1ccc(Cn2ccnc2)cc1. The number of para-hydroxylation sites is 2. The van der Waals surface area contributed by atoms with E-state index in [0.717, 1.165) is 42.6 Å². The van der Waals surface area contributed by atoms with Gasteiger partial charge in [-0.3, -0.25) is 4.79 Å². The number of nitrogens with zero attached hydrogens (tertiary/aromatic N) is 4. The first-order valence-corrected chi connectivity index (χ1v) is 10.2. The standard InChI is InChI=1S/C23H23N5O2/c29-22(18-9-7-17(8-10-18)15-27-13-11-24-16-27)25-14-19-4-3-12-28(19)23-26-20-5-1-2-6-21(20)30-23/h1-2,5-11,13,16,19H,3-4,12,14-15H2,(H,25,29). The minimum Gasteiger partial charge on any atom is -0.423 e. The maximum Gasteiger partial charge on any atom is 0.298 e. The summed E-state index contributed by atoms with van der Waals surface area (Å²) >= 11 is 0. The Labute approximate surface area is 174 Å². The number of carbonyl (C=O) groups excluding carboxylic acids is 1. The van der Waals surface area contributed by atoms with E-state index < -0.39 is 0 Å². The van der Waals surface area contributed by atoms with Gasteiger partial charge >= 0.3 is 0 Å². The zero-order valence-corrected chi connectivity index (χ0v) is 16.6. The molecule has 7 nitrogen and oxygen atoms in total. The van der Waals surface area contributed by atoms with Crippen molar-refractivity contribution in [2.45, 2.75) is 25.4 Å². The molecule has 1 N–H and O–H groups in total. The van der Waals surface area contributed by atoms with Crippen molar-refractivity contribution in [3.05, 3.63) is 78.4 Å². The van der Waals surface area contributed by atoms with E-state index in [1.165, 1.54) is 0 Å². The average molecular weight is 401 g/mol. The molecule has 3 heterocycles. The van der Waals surface area contributed by atoms with Crippen LogP contribution in [0.1, 0.15) is 28.8 Å². The minimum atomic E-state index is -0.0615. The number of rotatable bonds is 6. The van der Waals surface area contributed by atoms with E-state index in [-0.39, 0.29) is 11.9 Å². The molecule has 0 bridgehead atoms. The lowest BCUT2D eigenvalue weighted by atomic mass is 10.1. The molecule has 1 amide bonds. The second kappa shape index (κ2) is 8.02. The Bertz CT molecular complexity index is 1100. The Balaban J connectivity index is 1.21. The Morgan fingerprint density at radius 2 is 2.03 bits per heavy atom. The van der Waals surface area contributed by atoms with Crippen LogP contribution in [-0.4, -0.2) is 39.6 Å². The molecule has 0 spiro atoms. The number of hydrogen-bond acceptors (Lipinski definition) is 5. The largest absolute Gasteiger partial charge is 0.423 e. The molecule has 1 saturated heterocycles. The van der Waals surface area contributed by atoms with Crippen molar-refractivity contribution < 1.29 is 9.21 Å². The molecule has 2 aromatic heterocycles. The Hall–Kier alpha value is -3.61. The second-order valence-corrected chi connectivity index (χ2v) is 7.60. The predicted octanol–water partition coefficient (Wildman–Crippen LogP) is 3.47. The van der Waals surface area contributed by atoms with Crippen LogP contribution in [0.3, 0.4) is 0 Å². The van der Waals surface area contributed by atoms with Crippen molar-refractivity contribution >= 4 is 23.0 Å². The van der Waals surface area contributed by atoms with Gasteiger partial charge < -0.3 is 19.2 Å². The molecule has 2 aromatic carbocycles. The van der Waals surface area contributed by atoms with Gasteiger partial charge in [-0.1, -0.05) is 24.3 Å². The van der Waals surface area contributed by atoms with Crippen molar-refractivity contribution in [3.8, 4) is 0 Å². The molecule has 5 rings (SSSR count). The highest BCUT2D eigenvalue weighted by Gasteiger charge is 2.28. The maximum absolute atomic E-state index is 12.6. The number of fused-ring (bicyclic) bond motifs is 1. The molecule has 0 radical (unpaired) electrons. The third kappa shape index (κ3) is 3.78. The first-order chi connectivity index (χ1) is 14.8. The highest BCUT2D eigenvalue weighted by molar-refractivity contribution is 5.94. The van der Waals surface area contributed by atoms with E-state index in [1.807, 2.05) is 59.3 Å². The summed E-state index contributed by atoms with van der Waals surface area (Å²) in [5.41, 5.74) is 3.44. The van der Waals surface area contributed by atoms with Gasteiger partial charge in [-0.05, 0) is 42.7 Å². The summed E-state index contributed by atoms with van der Waals surface area (Å²) < 4.78 is 7.92. The number of nitrogens with one attached hydrogen (secondary N) is 1. The third-order valence-electron chi connectivity index (χ3n) is 5.54. The number of hydrogen-bond donors (Lipinski definition) is 1. The fraction of sp³-hybridized carbons (Fsp3) is 0.261. The van der Waals surface area contributed by atoms with E-state index >= 15 is 0 Å². The number of aromatic nitrogens is 3. The van der Waals surface area contributed by atoms with Gasteiger partial charge in [0, 0.05) is 37.6 Å². The van der Waals surface area contributed by atoms with Gasteiger partial charge in [-0.2, -0.15) is 4.98 Å². The number of imidazole rings is 1. The highest BCUT2D eigenvalue weighted by atomic mass is 16.4. The number of carbonyl (C=O) groups is 1. The van der Waals surface area contributed by atoms with E-state index in [9.17, 15) is 4.79 Å². The lowest BCUT2D eigenvalue weighted by Gasteiger charge is -2.23. The smallest absolute Gasteiger partial charge is 0.298 e. The molecule has 1 unspecified atom stereocenters. The number of oxazole rings is 1. The molecule has 1 atom stereocenters. The van der Waals surface area contributed by atoms with Crippen molar-refractivity contribution in [2.75, 3.05) is 18.0 Å².